The minimum atomic E-state index is -0.345. The normalized spacial score (nSPS) is 26.6. The molecule has 0 saturated heterocycles. The number of aromatic nitrogens is 1. The lowest BCUT2D eigenvalue weighted by Gasteiger charge is -2.57. The topological polar surface area (TPSA) is 74.4 Å². The summed E-state index contributed by atoms with van der Waals surface area (Å²) in [6, 6.07) is 8.39. The van der Waals surface area contributed by atoms with Crippen molar-refractivity contribution in [1.82, 2.24) is 15.2 Å². The Labute approximate surface area is 208 Å². The fourth-order valence-electron chi connectivity index (χ4n) is 7.31. The molecule has 6 heteroatoms. The molecule has 2 aromatic rings. The first kappa shape index (κ1) is 24.0. The average molecular weight is 478 g/mol. The molecule has 4 bridgehead atoms. The molecule has 1 aromatic carbocycles. The van der Waals surface area contributed by atoms with Gasteiger partial charge in [-0.25, -0.2) is 9.59 Å². The second-order valence-electron chi connectivity index (χ2n) is 11.4. The molecule has 0 unspecified atom stereocenters. The highest BCUT2D eigenvalue weighted by Gasteiger charge is 2.51. The summed E-state index contributed by atoms with van der Waals surface area (Å²) in [5, 5.41) is 3.55. The van der Waals surface area contributed by atoms with Crippen molar-refractivity contribution in [1.29, 1.82) is 0 Å². The Balaban J connectivity index is 1.40. The predicted molar refractivity (Wildman–Crippen MR) is 136 cm³/mol. The van der Waals surface area contributed by atoms with Gasteiger partial charge in [0.1, 0.15) is 5.69 Å². The smallest absolute Gasteiger partial charge is 0.355 e. The largest absolute Gasteiger partial charge is 0.461 e. The number of nitrogens with zero attached hydrogens (tertiary/aromatic N) is 1. The highest BCUT2D eigenvalue weighted by Crippen LogP contribution is 2.55. The average Bonchev–Trinajstić information content (AvgIpc) is 3.07. The molecule has 6 nitrogen and oxygen atoms in total. The number of hydrogen-bond acceptors (Lipinski definition) is 3. The van der Waals surface area contributed by atoms with Crippen LogP contribution in [0, 0.1) is 38.5 Å². The molecule has 35 heavy (non-hydrogen) atoms. The quantitative estimate of drug-likeness (QED) is 0.495. The third-order valence-corrected chi connectivity index (χ3v) is 8.61. The molecule has 0 aliphatic heterocycles. The van der Waals surface area contributed by atoms with Gasteiger partial charge in [-0.15, -0.1) is 0 Å². The Morgan fingerprint density at radius 2 is 1.60 bits per heavy atom. The fraction of sp³-hybridized carbons (Fsp3) is 0.586. The summed E-state index contributed by atoms with van der Waals surface area (Å²) in [5.41, 5.74) is 5.49. The molecule has 4 aliphatic carbocycles. The highest BCUT2D eigenvalue weighted by molar-refractivity contribution is 5.90. The summed E-state index contributed by atoms with van der Waals surface area (Å²) in [6.07, 6.45) is 7.41. The standard InChI is InChI=1S/C29H39N3O3/c1-5-35-27(33)26-19(3)25(20(4)30-26)17-32(16-21-8-6-18(2)7-9-21)28(34)31-29-13-22-10-23(14-29)12-24(11-22)15-29/h6-9,22-24,30H,5,10-17H2,1-4H3,(H,31,34). The molecule has 4 aliphatic rings. The number of carbonyl (C=O) groups excluding carboxylic acids is 2. The lowest BCUT2D eigenvalue weighted by atomic mass is 9.53. The Hall–Kier alpha value is -2.76. The first-order valence-corrected chi connectivity index (χ1v) is 13.2. The van der Waals surface area contributed by atoms with E-state index in [1.807, 2.05) is 25.7 Å². The van der Waals surface area contributed by atoms with E-state index in [1.54, 1.807) is 0 Å². The second kappa shape index (κ2) is 9.36. The summed E-state index contributed by atoms with van der Waals surface area (Å²) >= 11 is 0. The van der Waals surface area contributed by atoms with Crippen LogP contribution in [0.3, 0.4) is 0 Å². The van der Waals surface area contributed by atoms with Crippen molar-refractivity contribution in [3.8, 4) is 0 Å². The molecular formula is C29H39N3O3. The van der Waals surface area contributed by atoms with Gasteiger partial charge in [0.15, 0.2) is 0 Å². The van der Waals surface area contributed by atoms with E-state index in [4.69, 9.17) is 4.74 Å². The van der Waals surface area contributed by atoms with Gasteiger partial charge in [-0.1, -0.05) is 29.8 Å². The Kier molecular flexibility index (Phi) is 6.41. The number of hydrogen-bond donors (Lipinski definition) is 2. The van der Waals surface area contributed by atoms with E-state index in [2.05, 4.69) is 41.5 Å². The lowest BCUT2D eigenvalue weighted by Crippen LogP contribution is -2.61. The van der Waals surface area contributed by atoms with Crippen molar-refractivity contribution in [3.63, 3.8) is 0 Å². The number of benzene rings is 1. The summed E-state index contributed by atoms with van der Waals surface area (Å²) in [7, 11) is 0. The van der Waals surface area contributed by atoms with Crippen LogP contribution in [0.1, 0.15) is 83.9 Å². The van der Waals surface area contributed by atoms with Crippen LogP contribution in [-0.4, -0.2) is 34.0 Å². The summed E-state index contributed by atoms with van der Waals surface area (Å²) in [6.45, 7) is 9.08. The molecule has 2 amide bonds. The van der Waals surface area contributed by atoms with E-state index in [0.29, 0.717) is 25.4 Å². The molecule has 2 N–H and O–H groups in total. The van der Waals surface area contributed by atoms with Crippen LogP contribution in [0.5, 0.6) is 0 Å². The molecule has 0 atom stereocenters. The molecule has 1 aromatic heterocycles. The first-order valence-electron chi connectivity index (χ1n) is 13.2. The molecule has 1 heterocycles. The van der Waals surface area contributed by atoms with Crippen LogP contribution in [-0.2, 0) is 17.8 Å². The van der Waals surface area contributed by atoms with Gasteiger partial charge in [0.05, 0.1) is 6.61 Å². The van der Waals surface area contributed by atoms with Crippen LogP contribution >= 0.6 is 0 Å². The van der Waals surface area contributed by atoms with Crippen molar-refractivity contribution >= 4 is 12.0 Å². The van der Waals surface area contributed by atoms with Gasteiger partial charge in [0, 0.05) is 24.3 Å². The number of aromatic amines is 1. The Bertz CT molecular complexity index is 1070. The van der Waals surface area contributed by atoms with Crippen molar-refractivity contribution in [2.45, 2.75) is 84.8 Å². The SMILES string of the molecule is CCOC(=O)c1[nH]c(C)c(CN(Cc2ccc(C)cc2)C(=O)NC23CC4CC(CC(C4)C2)C3)c1C. The van der Waals surface area contributed by atoms with Gasteiger partial charge in [0.2, 0.25) is 0 Å². The number of ether oxygens (including phenoxy) is 1. The van der Waals surface area contributed by atoms with Crippen molar-refractivity contribution < 1.29 is 14.3 Å². The number of H-pyrrole nitrogens is 1. The third kappa shape index (κ3) is 4.85. The monoisotopic (exact) mass is 477 g/mol. The predicted octanol–water partition coefficient (Wildman–Crippen LogP) is 5.80. The van der Waals surface area contributed by atoms with Gasteiger partial charge >= 0.3 is 12.0 Å². The Morgan fingerprint density at radius 1 is 1.00 bits per heavy atom. The van der Waals surface area contributed by atoms with E-state index in [-0.39, 0.29) is 17.5 Å². The van der Waals surface area contributed by atoms with E-state index in [9.17, 15) is 9.59 Å². The summed E-state index contributed by atoms with van der Waals surface area (Å²) < 4.78 is 5.23. The first-order chi connectivity index (χ1) is 16.7. The number of urea groups is 1. The van der Waals surface area contributed by atoms with Crippen molar-refractivity contribution in [3.05, 3.63) is 57.9 Å². The second-order valence-corrected chi connectivity index (χ2v) is 11.4. The minimum Gasteiger partial charge on any atom is -0.461 e. The van der Waals surface area contributed by atoms with Crippen molar-refractivity contribution in [2.24, 2.45) is 17.8 Å². The molecule has 4 fully saturated rings. The van der Waals surface area contributed by atoms with E-state index in [1.165, 1.54) is 24.8 Å². The van der Waals surface area contributed by atoms with E-state index < -0.39 is 0 Å². The minimum absolute atomic E-state index is 0.00482. The summed E-state index contributed by atoms with van der Waals surface area (Å²) in [4.78, 5) is 31.5. The molecule has 0 radical (unpaired) electrons. The molecule has 0 spiro atoms. The van der Waals surface area contributed by atoms with Gasteiger partial charge < -0.3 is 19.9 Å². The number of carbonyl (C=O) groups is 2. The van der Waals surface area contributed by atoms with E-state index in [0.717, 1.165) is 59.4 Å². The van der Waals surface area contributed by atoms with Crippen LogP contribution in [0.15, 0.2) is 24.3 Å². The number of esters is 1. The van der Waals surface area contributed by atoms with Crippen LogP contribution in [0.4, 0.5) is 4.79 Å². The molecule has 6 rings (SSSR count). The third-order valence-electron chi connectivity index (χ3n) is 8.61. The number of nitrogens with one attached hydrogen (secondary N) is 2. The van der Waals surface area contributed by atoms with Crippen LogP contribution in [0.2, 0.25) is 0 Å². The zero-order valence-corrected chi connectivity index (χ0v) is 21.6. The van der Waals surface area contributed by atoms with Gasteiger partial charge in [-0.05, 0) is 101 Å². The Morgan fingerprint density at radius 3 is 2.17 bits per heavy atom. The highest BCUT2D eigenvalue weighted by atomic mass is 16.5. The maximum absolute atomic E-state index is 13.9. The summed E-state index contributed by atoms with van der Waals surface area (Å²) in [5.74, 6) is 1.97. The maximum atomic E-state index is 13.9. The zero-order chi connectivity index (χ0) is 24.7. The van der Waals surface area contributed by atoms with Gasteiger partial charge in [0.25, 0.3) is 0 Å². The number of amides is 2. The zero-order valence-electron chi connectivity index (χ0n) is 21.6. The molecule has 4 saturated carbocycles. The fourth-order valence-corrected chi connectivity index (χ4v) is 7.31. The van der Waals surface area contributed by atoms with Gasteiger partial charge in [-0.2, -0.15) is 0 Å². The lowest BCUT2D eigenvalue weighted by molar-refractivity contribution is -0.0159. The molecule has 188 valence electrons. The number of rotatable bonds is 7. The van der Waals surface area contributed by atoms with E-state index >= 15 is 0 Å². The van der Waals surface area contributed by atoms with Crippen LogP contribution < -0.4 is 5.32 Å². The van der Waals surface area contributed by atoms with Crippen molar-refractivity contribution in [2.75, 3.05) is 6.61 Å². The number of aryl methyl sites for hydroxylation is 2. The van der Waals surface area contributed by atoms with Gasteiger partial charge in [-0.3, -0.25) is 0 Å². The molecular weight excluding hydrogens is 438 g/mol. The van der Waals surface area contributed by atoms with Crippen LogP contribution in [0.25, 0.3) is 0 Å². The maximum Gasteiger partial charge on any atom is 0.355 e.